The topological polar surface area (TPSA) is 85.4 Å². The van der Waals surface area contributed by atoms with Gasteiger partial charge in [0.25, 0.3) is 0 Å². The number of benzene rings is 2. The van der Waals surface area contributed by atoms with Crippen molar-refractivity contribution in [3.8, 4) is 23.3 Å². The number of hydrogen-bond donors (Lipinski definition) is 0. The molecule has 0 saturated heterocycles. The molecule has 0 amide bonds. The first kappa shape index (κ1) is 18.4. The van der Waals surface area contributed by atoms with Crippen LogP contribution in [0, 0.1) is 21.4 Å². The Morgan fingerprint density at radius 3 is 2.48 bits per heavy atom. The molecule has 0 saturated carbocycles. The Hall–Kier alpha value is -2.99. The first-order valence-corrected chi connectivity index (χ1v) is 6.93. The highest BCUT2D eigenvalue weighted by Crippen LogP contribution is 2.38. The van der Waals surface area contributed by atoms with Crippen LogP contribution in [0.5, 0.6) is 17.2 Å². The van der Waals surface area contributed by atoms with Crippen LogP contribution in [-0.4, -0.2) is 11.5 Å². The van der Waals surface area contributed by atoms with Crippen LogP contribution in [0.4, 0.5) is 18.9 Å². The van der Waals surface area contributed by atoms with Crippen molar-refractivity contribution in [2.24, 2.45) is 0 Å². The molecule has 0 unspecified atom stereocenters. The Morgan fingerprint density at radius 2 is 1.92 bits per heavy atom. The van der Waals surface area contributed by atoms with Gasteiger partial charge in [-0.1, -0.05) is 11.6 Å². The molecule has 0 heterocycles. The number of rotatable bonds is 5. The first-order valence-electron chi connectivity index (χ1n) is 6.55. The van der Waals surface area contributed by atoms with Crippen molar-refractivity contribution in [1.82, 2.24) is 0 Å². The molecule has 0 spiro atoms. The van der Waals surface area contributed by atoms with E-state index in [-0.39, 0.29) is 28.0 Å². The Kier molecular flexibility index (Phi) is 5.34. The summed E-state index contributed by atoms with van der Waals surface area (Å²) in [6.07, 6.45) is -4.55. The van der Waals surface area contributed by atoms with E-state index in [4.69, 9.17) is 26.3 Å². The van der Waals surface area contributed by atoms with Gasteiger partial charge >= 0.3 is 11.9 Å². The molecule has 6 nitrogen and oxygen atoms in total. The molecule has 0 aliphatic carbocycles. The smallest absolute Gasteiger partial charge is 0.416 e. The van der Waals surface area contributed by atoms with Gasteiger partial charge in [0.1, 0.15) is 17.6 Å². The number of nitrogens with zero attached hydrogens (tertiary/aromatic N) is 2. The minimum atomic E-state index is -4.55. The summed E-state index contributed by atoms with van der Waals surface area (Å²) in [5.41, 5.74) is -1.33. The lowest BCUT2D eigenvalue weighted by molar-refractivity contribution is -0.385. The summed E-state index contributed by atoms with van der Waals surface area (Å²) >= 11 is 5.78. The van der Waals surface area contributed by atoms with E-state index in [0.717, 1.165) is 24.3 Å². The van der Waals surface area contributed by atoms with Crippen molar-refractivity contribution in [2.45, 2.75) is 6.18 Å². The summed E-state index contributed by atoms with van der Waals surface area (Å²) in [6.45, 7) is -0.425. The van der Waals surface area contributed by atoms with Gasteiger partial charge in [-0.15, -0.1) is 0 Å². The fourth-order valence-corrected chi connectivity index (χ4v) is 2.04. The van der Waals surface area contributed by atoms with Gasteiger partial charge < -0.3 is 9.47 Å². The Balaban J connectivity index is 2.31. The van der Waals surface area contributed by atoms with Crippen molar-refractivity contribution in [3.05, 3.63) is 57.1 Å². The largest absolute Gasteiger partial charge is 0.471 e. The number of halogens is 4. The molecule has 0 aliphatic rings. The van der Waals surface area contributed by atoms with Crippen LogP contribution in [0.2, 0.25) is 5.02 Å². The first-order chi connectivity index (χ1) is 11.7. The molecule has 2 aromatic carbocycles. The monoisotopic (exact) mass is 372 g/mol. The van der Waals surface area contributed by atoms with E-state index < -0.39 is 23.3 Å². The molecule has 0 N–H and O–H groups in total. The van der Waals surface area contributed by atoms with Crippen LogP contribution in [-0.2, 0) is 6.18 Å². The third-order valence-electron chi connectivity index (χ3n) is 2.91. The van der Waals surface area contributed by atoms with Crippen molar-refractivity contribution in [1.29, 1.82) is 5.26 Å². The zero-order chi connectivity index (χ0) is 18.6. The van der Waals surface area contributed by atoms with Gasteiger partial charge in [0.15, 0.2) is 6.61 Å². The third kappa shape index (κ3) is 4.51. The third-order valence-corrected chi connectivity index (χ3v) is 3.20. The van der Waals surface area contributed by atoms with Crippen LogP contribution < -0.4 is 9.47 Å². The van der Waals surface area contributed by atoms with Gasteiger partial charge in [0.2, 0.25) is 5.75 Å². The standard InChI is InChI=1S/C15H8ClF3N2O4/c16-11-7-9(15(17,18)19)1-4-13(11)25-10-2-3-12(21(22)23)14(8-10)24-6-5-20/h1-4,7-8H,6H2. The molecule has 0 aromatic heterocycles. The molecule has 2 rings (SSSR count). The lowest BCUT2D eigenvalue weighted by Crippen LogP contribution is -2.04. The molecule has 25 heavy (non-hydrogen) atoms. The second-order valence-corrected chi connectivity index (χ2v) is 4.99. The van der Waals surface area contributed by atoms with E-state index in [2.05, 4.69) is 0 Å². The van der Waals surface area contributed by atoms with Crippen LogP contribution >= 0.6 is 11.6 Å². The van der Waals surface area contributed by atoms with Crippen LogP contribution in [0.15, 0.2) is 36.4 Å². The van der Waals surface area contributed by atoms with Gasteiger partial charge in [-0.2, -0.15) is 18.4 Å². The second-order valence-electron chi connectivity index (χ2n) is 4.58. The number of nitro groups is 1. The number of alkyl halides is 3. The van der Waals surface area contributed by atoms with Crippen molar-refractivity contribution >= 4 is 17.3 Å². The van der Waals surface area contributed by atoms with E-state index in [0.29, 0.717) is 6.07 Å². The summed E-state index contributed by atoms with van der Waals surface area (Å²) < 4.78 is 48.1. The van der Waals surface area contributed by atoms with Crippen molar-refractivity contribution in [3.63, 3.8) is 0 Å². The molecule has 0 aliphatic heterocycles. The molecule has 10 heteroatoms. The van der Waals surface area contributed by atoms with Gasteiger partial charge in [-0.25, -0.2) is 0 Å². The molecule has 130 valence electrons. The number of nitriles is 1. The lowest BCUT2D eigenvalue weighted by atomic mass is 10.2. The lowest BCUT2D eigenvalue weighted by Gasteiger charge is -2.12. The predicted octanol–water partition coefficient (Wildman–Crippen LogP) is 4.96. The van der Waals surface area contributed by atoms with Gasteiger partial charge in [0, 0.05) is 12.1 Å². The second kappa shape index (κ2) is 7.27. The van der Waals surface area contributed by atoms with Crippen LogP contribution in [0.1, 0.15) is 5.56 Å². The summed E-state index contributed by atoms with van der Waals surface area (Å²) in [4.78, 5) is 10.2. The fraction of sp³-hybridized carbons (Fsp3) is 0.133. The molecular weight excluding hydrogens is 365 g/mol. The van der Waals surface area contributed by atoms with E-state index in [1.165, 1.54) is 6.07 Å². The minimum Gasteiger partial charge on any atom is -0.471 e. The van der Waals surface area contributed by atoms with Gasteiger partial charge in [0.05, 0.1) is 15.5 Å². The molecule has 0 bridgehead atoms. The normalized spacial score (nSPS) is 10.8. The zero-order valence-electron chi connectivity index (χ0n) is 12.2. The summed E-state index contributed by atoms with van der Waals surface area (Å²) in [5, 5.41) is 19.1. The highest BCUT2D eigenvalue weighted by atomic mass is 35.5. The predicted molar refractivity (Wildman–Crippen MR) is 80.7 cm³/mol. The molecule has 2 aromatic rings. The maximum absolute atomic E-state index is 12.6. The van der Waals surface area contributed by atoms with E-state index in [9.17, 15) is 23.3 Å². The maximum Gasteiger partial charge on any atom is 0.416 e. The average Bonchev–Trinajstić information content (AvgIpc) is 2.53. The quantitative estimate of drug-likeness (QED) is 0.547. The summed E-state index contributed by atoms with van der Waals surface area (Å²) in [7, 11) is 0. The van der Waals surface area contributed by atoms with Crippen LogP contribution in [0.3, 0.4) is 0 Å². The van der Waals surface area contributed by atoms with Crippen LogP contribution in [0.25, 0.3) is 0 Å². The van der Waals surface area contributed by atoms with E-state index >= 15 is 0 Å². The fourth-order valence-electron chi connectivity index (χ4n) is 1.82. The average molecular weight is 373 g/mol. The summed E-state index contributed by atoms with van der Waals surface area (Å²) in [5.74, 6) is -0.248. The van der Waals surface area contributed by atoms with Gasteiger partial charge in [-0.3, -0.25) is 10.1 Å². The van der Waals surface area contributed by atoms with Gasteiger partial charge in [-0.05, 0) is 24.3 Å². The Morgan fingerprint density at radius 1 is 1.20 bits per heavy atom. The highest BCUT2D eigenvalue weighted by molar-refractivity contribution is 6.32. The number of hydrogen-bond acceptors (Lipinski definition) is 5. The highest BCUT2D eigenvalue weighted by Gasteiger charge is 2.31. The van der Waals surface area contributed by atoms with Crippen molar-refractivity contribution < 1.29 is 27.6 Å². The molecule has 0 atom stereocenters. The molecule has 0 radical (unpaired) electrons. The molecular formula is C15H8ClF3N2O4. The molecule has 0 fully saturated rings. The number of ether oxygens (including phenoxy) is 2. The Labute approximate surface area is 144 Å². The van der Waals surface area contributed by atoms with E-state index in [1.54, 1.807) is 6.07 Å². The SMILES string of the molecule is N#CCOc1cc(Oc2ccc(C(F)(F)F)cc2Cl)ccc1[N+](=O)[O-]. The summed E-state index contributed by atoms with van der Waals surface area (Å²) in [6, 6.07) is 7.65. The Bertz CT molecular complexity index is 850. The number of nitro benzene ring substituents is 1. The van der Waals surface area contributed by atoms with E-state index in [1.807, 2.05) is 0 Å². The minimum absolute atomic E-state index is 0.0419. The van der Waals surface area contributed by atoms with Crippen molar-refractivity contribution in [2.75, 3.05) is 6.61 Å². The zero-order valence-corrected chi connectivity index (χ0v) is 13.0. The maximum atomic E-state index is 12.6.